The van der Waals surface area contributed by atoms with Crippen LogP contribution in [-0.4, -0.2) is 4.57 Å². The summed E-state index contributed by atoms with van der Waals surface area (Å²) < 4.78 is 2.47. The predicted octanol–water partition coefficient (Wildman–Crippen LogP) is 17.1. The highest BCUT2D eigenvalue weighted by atomic mass is 15.1. The van der Waals surface area contributed by atoms with Gasteiger partial charge >= 0.3 is 0 Å². The maximum absolute atomic E-state index is 2.48. The normalized spacial score (nSPS) is 14.0. The van der Waals surface area contributed by atoms with Crippen molar-refractivity contribution >= 4 is 49.6 Å². The minimum absolute atomic E-state index is 0.578. The summed E-state index contributed by atoms with van der Waals surface area (Å²) in [7, 11) is 0. The fourth-order valence-electron chi connectivity index (χ4n) is 11.1. The molecule has 0 aliphatic heterocycles. The molecule has 0 amide bonds. The number of nitrogens with zero attached hydrogens (tertiary/aromatic N) is 2. The maximum Gasteiger partial charge on any atom is 0.0714 e. The number of rotatable bonds is 8. The molecule has 2 nitrogen and oxygen atoms in total. The molecule has 2 heteroatoms. The lowest BCUT2D eigenvalue weighted by atomic mass is 9.67. The van der Waals surface area contributed by atoms with Crippen molar-refractivity contribution in [3.8, 4) is 39.1 Å². The van der Waals surface area contributed by atoms with Gasteiger partial charge in [-0.05, 0) is 109 Å². The molecule has 0 radical (unpaired) electrons. The summed E-state index contributed by atoms with van der Waals surface area (Å²) in [5, 5.41) is 4.85. The third kappa shape index (κ3) is 6.18. The van der Waals surface area contributed by atoms with Crippen LogP contribution < -0.4 is 4.90 Å². The Labute approximate surface area is 390 Å². The van der Waals surface area contributed by atoms with Crippen LogP contribution in [0.1, 0.15) is 22.3 Å². The fraction of sp³-hybridized carbons (Fsp3) is 0.0154. The van der Waals surface area contributed by atoms with Crippen molar-refractivity contribution in [3.63, 3.8) is 0 Å². The Morgan fingerprint density at radius 2 is 0.836 bits per heavy atom. The van der Waals surface area contributed by atoms with Crippen molar-refractivity contribution in [2.45, 2.75) is 5.41 Å². The number of aromatic nitrogens is 1. The quantitative estimate of drug-likeness (QED) is 0.148. The first kappa shape index (κ1) is 38.7. The van der Waals surface area contributed by atoms with E-state index in [0.29, 0.717) is 0 Å². The number of benzene rings is 11. The van der Waals surface area contributed by atoms with Gasteiger partial charge in [-0.1, -0.05) is 218 Å². The van der Waals surface area contributed by atoms with Gasteiger partial charge in [0.15, 0.2) is 0 Å². The van der Waals surface area contributed by atoms with Gasteiger partial charge in [-0.15, -0.1) is 0 Å². The molecular weight excluding hydrogens is 809 g/mol. The van der Waals surface area contributed by atoms with Crippen molar-refractivity contribution in [1.29, 1.82) is 0 Å². The summed E-state index contributed by atoms with van der Waals surface area (Å²) in [6.45, 7) is 0. The van der Waals surface area contributed by atoms with E-state index >= 15 is 0 Å². The molecule has 0 bridgehead atoms. The highest BCUT2D eigenvalue weighted by Gasteiger charge is 2.46. The molecule has 0 saturated heterocycles. The van der Waals surface area contributed by atoms with Crippen LogP contribution in [0.15, 0.2) is 267 Å². The van der Waals surface area contributed by atoms with Gasteiger partial charge in [0.1, 0.15) is 0 Å². The van der Waals surface area contributed by atoms with Gasteiger partial charge in [0, 0.05) is 33.4 Å². The Bertz CT molecular complexity index is 3790. The Kier molecular flexibility index (Phi) is 9.11. The summed E-state index contributed by atoms with van der Waals surface area (Å²) in [5.74, 6) is 0. The zero-order valence-electron chi connectivity index (χ0n) is 36.8. The lowest BCUT2D eigenvalue weighted by Gasteiger charge is -2.35. The van der Waals surface area contributed by atoms with Crippen LogP contribution in [0.25, 0.3) is 71.6 Å². The summed E-state index contributed by atoms with van der Waals surface area (Å²) in [4.78, 5) is 2.47. The molecule has 1 aromatic heterocycles. The number of para-hydroxylation sites is 2. The molecular formula is C65H44N2. The molecule has 11 aromatic carbocycles. The minimum atomic E-state index is -0.578. The molecule has 12 aromatic rings. The second-order valence-electron chi connectivity index (χ2n) is 17.6. The smallest absolute Gasteiger partial charge is 0.0714 e. The van der Waals surface area contributed by atoms with Crippen molar-refractivity contribution in [2.24, 2.45) is 0 Å². The second-order valence-corrected chi connectivity index (χ2v) is 17.6. The van der Waals surface area contributed by atoms with Crippen LogP contribution in [0.5, 0.6) is 0 Å². The molecule has 1 heterocycles. The summed E-state index contributed by atoms with van der Waals surface area (Å²) in [6.07, 6.45) is 0. The van der Waals surface area contributed by atoms with Crippen LogP contribution >= 0.6 is 0 Å². The van der Waals surface area contributed by atoms with Crippen LogP contribution in [0.3, 0.4) is 0 Å². The third-order valence-corrected chi connectivity index (χ3v) is 14.1. The first-order valence-corrected chi connectivity index (χ1v) is 23.2. The van der Waals surface area contributed by atoms with Gasteiger partial charge < -0.3 is 9.47 Å². The standard InChI is InChI=1S/C65H44N2/c1-4-18-45(19-5-1)47-32-35-51(36-33-47)65(50-24-8-3-9-25-50)60-29-15-12-27-56(60)57-40-38-53(43-61(57)65)66(52-37-34-46-20-10-11-23-49(46)42-52)54-39-41-59-58-28-14-17-31-63(58)67(64(59)44-54)62-30-16-13-26-55(62)48-21-6-2-7-22-48/h1-44H. The Morgan fingerprint density at radius 1 is 0.299 bits per heavy atom. The Morgan fingerprint density at radius 3 is 1.64 bits per heavy atom. The van der Waals surface area contributed by atoms with Crippen molar-refractivity contribution in [2.75, 3.05) is 4.90 Å². The molecule has 1 unspecified atom stereocenters. The fourth-order valence-corrected chi connectivity index (χ4v) is 11.1. The molecule has 1 atom stereocenters. The number of fused-ring (bicyclic) bond motifs is 7. The SMILES string of the molecule is c1ccc(-c2ccc(C3(c4ccccc4)c4ccccc4-c4ccc(N(c5ccc6ccccc6c5)c5ccc6c7ccccc7n(-c7ccccc7-c7ccccc7)c6c5)cc43)cc2)cc1. The molecule has 1 aliphatic carbocycles. The van der Waals surface area contributed by atoms with Crippen molar-refractivity contribution in [3.05, 3.63) is 289 Å². The van der Waals surface area contributed by atoms with E-state index in [-0.39, 0.29) is 0 Å². The molecule has 0 saturated carbocycles. The Balaban J connectivity index is 1.07. The molecule has 1 aliphatic rings. The van der Waals surface area contributed by atoms with Crippen LogP contribution in [0.4, 0.5) is 17.1 Å². The average molecular weight is 853 g/mol. The lowest BCUT2D eigenvalue weighted by molar-refractivity contribution is 0.768. The zero-order chi connectivity index (χ0) is 44.3. The van der Waals surface area contributed by atoms with E-state index in [0.717, 1.165) is 28.3 Å². The molecule has 0 spiro atoms. The number of hydrogen-bond acceptors (Lipinski definition) is 1. The predicted molar refractivity (Wildman–Crippen MR) is 281 cm³/mol. The van der Waals surface area contributed by atoms with E-state index in [1.54, 1.807) is 0 Å². The van der Waals surface area contributed by atoms with Crippen LogP contribution in [0.2, 0.25) is 0 Å². The highest BCUT2D eigenvalue weighted by Crippen LogP contribution is 2.57. The van der Waals surface area contributed by atoms with Gasteiger partial charge in [-0.3, -0.25) is 0 Å². The summed E-state index contributed by atoms with van der Waals surface area (Å²) in [5.41, 5.74) is 18.5. The second kappa shape index (κ2) is 15.8. The van der Waals surface area contributed by atoms with Gasteiger partial charge in [0.05, 0.1) is 22.1 Å². The van der Waals surface area contributed by atoms with Gasteiger partial charge in [-0.25, -0.2) is 0 Å². The van der Waals surface area contributed by atoms with E-state index in [9.17, 15) is 0 Å². The number of anilines is 3. The summed E-state index contributed by atoms with van der Waals surface area (Å²) in [6, 6.07) is 98.3. The minimum Gasteiger partial charge on any atom is -0.310 e. The van der Waals surface area contributed by atoms with Crippen molar-refractivity contribution < 1.29 is 0 Å². The first-order chi connectivity index (χ1) is 33.2. The van der Waals surface area contributed by atoms with Crippen LogP contribution in [0, 0.1) is 0 Å². The van der Waals surface area contributed by atoms with Gasteiger partial charge in [0.2, 0.25) is 0 Å². The van der Waals surface area contributed by atoms with E-state index in [1.165, 1.54) is 82.7 Å². The van der Waals surface area contributed by atoms with Crippen molar-refractivity contribution in [1.82, 2.24) is 4.57 Å². The van der Waals surface area contributed by atoms with Gasteiger partial charge in [0.25, 0.3) is 0 Å². The van der Waals surface area contributed by atoms with Gasteiger partial charge in [-0.2, -0.15) is 0 Å². The highest BCUT2D eigenvalue weighted by molar-refractivity contribution is 6.11. The average Bonchev–Trinajstić information content (AvgIpc) is 3.89. The summed E-state index contributed by atoms with van der Waals surface area (Å²) >= 11 is 0. The Hall–Kier alpha value is -8.72. The lowest BCUT2D eigenvalue weighted by Crippen LogP contribution is -2.28. The molecule has 67 heavy (non-hydrogen) atoms. The topological polar surface area (TPSA) is 8.17 Å². The van der Waals surface area contributed by atoms with E-state index < -0.39 is 5.41 Å². The first-order valence-electron chi connectivity index (χ1n) is 23.2. The zero-order valence-corrected chi connectivity index (χ0v) is 36.8. The monoisotopic (exact) mass is 852 g/mol. The van der Waals surface area contributed by atoms with Crippen LogP contribution in [-0.2, 0) is 5.41 Å². The molecule has 314 valence electrons. The van der Waals surface area contributed by atoms with E-state index in [1.807, 2.05) is 0 Å². The van der Waals surface area contributed by atoms with E-state index in [4.69, 9.17) is 0 Å². The molecule has 13 rings (SSSR count). The molecule has 0 fully saturated rings. The largest absolute Gasteiger partial charge is 0.310 e. The maximum atomic E-state index is 2.48. The third-order valence-electron chi connectivity index (χ3n) is 14.1. The van der Waals surface area contributed by atoms with E-state index in [2.05, 4.69) is 276 Å². The molecule has 0 N–H and O–H groups in total. The number of hydrogen-bond donors (Lipinski definition) is 0.